The van der Waals surface area contributed by atoms with E-state index >= 15 is 0 Å². The van der Waals surface area contributed by atoms with Gasteiger partial charge in [0.15, 0.2) is 6.10 Å². The molecular formula is C14H20FNO3. The molecule has 0 aliphatic heterocycles. The van der Waals surface area contributed by atoms with Crippen LogP contribution in [-0.4, -0.2) is 24.2 Å². The normalized spacial score (nSPS) is 13.9. The molecule has 1 rings (SSSR count). The van der Waals surface area contributed by atoms with Gasteiger partial charge in [-0.25, -0.2) is 9.18 Å². The van der Waals surface area contributed by atoms with Gasteiger partial charge in [0.1, 0.15) is 11.6 Å². The predicted molar refractivity (Wildman–Crippen MR) is 70.8 cm³/mol. The Hall–Kier alpha value is -1.62. The molecule has 0 radical (unpaired) electrons. The smallest absolute Gasteiger partial charge is 0.344 e. The molecule has 4 nitrogen and oxygen atoms in total. The highest BCUT2D eigenvalue weighted by Crippen LogP contribution is 2.27. The van der Waals surface area contributed by atoms with Crippen LogP contribution >= 0.6 is 0 Å². The lowest BCUT2D eigenvalue weighted by Crippen LogP contribution is -2.27. The molecule has 0 amide bonds. The number of aliphatic carboxylic acids is 1. The number of benzene rings is 1. The van der Waals surface area contributed by atoms with Crippen molar-refractivity contribution in [1.82, 2.24) is 5.32 Å². The lowest BCUT2D eigenvalue weighted by atomic mass is 10.1. The highest BCUT2D eigenvalue weighted by atomic mass is 19.1. The van der Waals surface area contributed by atoms with Gasteiger partial charge in [-0.15, -0.1) is 0 Å². The summed E-state index contributed by atoms with van der Waals surface area (Å²) in [5.74, 6) is -0.967. The second-order valence-electron chi connectivity index (χ2n) is 4.43. The number of carbonyl (C=O) groups is 1. The lowest BCUT2D eigenvalue weighted by Gasteiger charge is -2.20. The van der Waals surface area contributed by atoms with Crippen LogP contribution in [0.25, 0.3) is 0 Å². The summed E-state index contributed by atoms with van der Waals surface area (Å²) in [5.41, 5.74) is 0.616. The van der Waals surface area contributed by atoms with Gasteiger partial charge in [-0.2, -0.15) is 0 Å². The monoisotopic (exact) mass is 269 g/mol. The molecule has 5 heteroatoms. The van der Waals surface area contributed by atoms with E-state index in [-0.39, 0.29) is 11.9 Å². The number of ether oxygens (including phenoxy) is 1. The summed E-state index contributed by atoms with van der Waals surface area (Å²) in [5, 5.41) is 12.1. The molecule has 106 valence electrons. The molecule has 0 aromatic heterocycles. The third-order valence-electron chi connectivity index (χ3n) is 2.97. The Labute approximate surface area is 112 Å². The fourth-order valence-electron chi connectivity index (χ4n) is 1.77. The molecule has 1 aromatic rings. The number of rotatable bonds is 7. The summed E-state index contributed by atoms with van der Waals surface area (Å²) in [6, 6.07) is 3.99. The first-order valence-corrected chi connectivity index (χ1v) is 6.35. The largest absolute Gasteiger partial charge is 0.479 e. The van der Waals surface area contributed by atoms with Crippen molar-refractivity contribution in [2.45, 2.75) is 38.8 Å². The average Bonchev–Trinajstić information content (AvgIpc) is 2.38. The molecular weight excluding hydrogens is 249 g/mol. The minimum Gasteiger partial charge on any atom is -0.479 e. The molecule has 0 aliphatic rings. The van der Waals surface area contributed by atoms with Crippen LogP contribution in [0.15, 0.2) is 18.2 Å². The number of nitrogens with one attached hydrogen (secondary N) is 1. The van der Waals surface area contributed by atoms with E-state index in [1.165, 1.54) is 18.2 Å². The minimum absolute atomic E-state index is 0.123. The standard InChI is InChI=1S/C14H20FNO3/c1-4-5-13(14(17)18)19-12-7-6-10(15)8-11(12)9(2)16-3/h6-9,13,16H,4-5H2,1-3H3,(H,17,18). The van der Waals surface area contributed by atoms with E-state index in [0.29, 0.717) is 24.2 Å². The molecule has 0 saturated heterocycles. The average molecular weight is 269 g/mol. The fraction of sp³-hybridized carbons (Fsp3) is 0.500. The van der Waals surface area contributed by atoms with Crippen LogP contribution in [0.4, 0.5) is 4.39 Å². The van der Waals surface area contributed by atoms with Crippen LogP contribution in [0, 0.1) is 5.82 Å². The van der Waals surface area contributed by atoms with Gasteiger partial charge in [0.05, 0.1) is 0 Å². The van der Waals surface area contributed by atoms with Crippen molar-refractivity contribution in [3.8, 4) is 5.75 Å². The van der Waals surface area contributed by atoms with E-state index in [2.05, 4.69) is 5.32 Å². The van der Waals surface area contributed by atoms with Gasteiger partial charge in [0.2, 0.25) is 0 Å². The summed E-state index contributed by atoms with van der Waals surface area (Å²) in [7, 11) is 1.75. The van der Waals surface area contributed by atoms with Crippen LogP contribution in [0.3, 0.4) is 0 Å². The molecule has 0 bridgehead atoms. The molecule has 19 heavy (non-hydrogen) atoms. The maximum atomic E-state index is 13.3. The van der Waals surface area contributed by atoms with Crippen LogP contribution < -0.4 is 10.1 Å². The number of halogens is 1. The Morgan fingerprint density at radius 2 is 2.21 bits per heavy atom. The molecule has 1 aromatic carbocycles. The summed E-state index contributed by atoms with van der Waals surface area (Å²) < 4.78 is 18.8. The van der Waals surface area contributed by atoms with E-state index in [1.807, 2.05) is 13.8 Å². The van der Waals surface area contributed by atoms with Crippen molar-refractivity contribution in [2.75, 3.05) is 7.05 Å². The minimum atomic E-state index is -1.01. The van der Waals surface area contributed by atoms with Crippen LogP contribution in [0.5, 0.6) is 5.75 Å². The Bertz CT molecular complexity index is 437. The third-order valence-corrected chi connectivity index (χ3v) is 2.97. The molecule has 2 N–H and O–H groups in total. The van der Waals surface area contributed by atoms with Crippen molar-refractivity contribution in [1.29, 1.82) is 0 Å². The SMILES string of the molecule is CCCC(Oc1ccc(F)cc1C(C)NC)C(=O)O. The fourth-order valence-corrected chi connectivity index (χ4v) is 1.77. The number of hydrogen-bond acceptors (Lipinski definition) is 3. The quantitative estimate of drug-likeness (QED) is 0.799. The molecule has 0 fully saturated rings. The second kappa shape index (κ2) is 7.09. The van der Waals surface area contributed by atoms with Crippen molar-refractivity contribution in [3.05, 3.63) is 29.6 Å². The number of hydrogen-bond donors (Lipinski definition) is 2. The molecule has 2 atom stereocenters. The summed E-state index contributed by atoms with van der Waals surface area (Å²) in [6.45, 7) is 3.75. The van der Waals surface area contributed by atoms with Gasteiger partial charge in [-0.3, -0.25) is 0 Å². The number of carboxylic acids is 1. The van der Waals surface area contributed by atoms with Gasteiger partial charge in [-0.05, 0) is 38.6 Å². The van der Waals surface area contributed by atoms with Crippen LogP contribution in [-0.2, 0) is 4.79 Å². The van der Waals surface area contributed by atoms with Gasteiger partial charge in [-0.1, -0.05) is 13.3 Å². The first-order valence-electron chi connectivity index (χ1n) is 6.35. The first-order chi connectivity index (χ1) is 8.99. The molecule has 0 heterocycles. The Kier molecular flexibility index (Phi) is 5.76. The molecule has 0 spiro atoms. The Morgan fingerprint density at radius 1 is 1.53 bits per heavy atom. The summed E-state index contributed by atoms with van der Waals surface area (Å²) in [6.07, 6.45) is 0.216. The van der Waals surface area contributed by atoms with E-state index in [9.17, 15) is 9.18 Å². The van der Waals surface area contributed by atoms with E-state index < -0.39 is 12.1 Å². The summed E-state index contributed by atoms with van der Waals surface area (Å²) >= 11 is 0. The first kappa shape index (κ1) is 15.4. The molecule has 2 unspecified atom stereocenters. The molecule has 0 saturated carbocycles. The number of carboxylic acid groups (broad SMARTS) is 1. The maximum Gasteiger partial charge on any atom is 0.344 e. The second-order valence-corrected chi connectivity index (χ2v) is 4.43. The maximum absolute atomic E-state index is 13.3. The van der Waals surface area contributed by atoms with Gasteiger partial charge >= 0.3 is 5.97 Å². The highest BCUT2D eigenvalue weighted by molar-refractivity contribution is 5.72. The lowest BCUT2D eigenvalue weighted by molar-refractivity contribution is -0.145. The Balaban J connectivity index is 3.01. The topological polar surface area (TPSA) is 58.6 Å². The Morgan fingerprint density at radius 3 is 2.74 bits per heavy atom. The van der Waals surface area contributed by atoms with Gasteiger partial charge < -0.3 is 15.2 Å². The zero-order chi connectivity index (χ0) is 14.4. The van der Waals surface area contributed by atoms with Gasteiger partial charge in [0, 0.05) is 11.6 Å². The van der Waals surface area contributed by atoms with Crippen LogP contribution in [0.1, 0.15) is 38.3 Å². The highest BCUT2D eigenvalue weighted by Gasteiger charge is 2.21. The van der Waals surface area contributed by atoms with Crippen molar-refractivity contribution < 1.29 is 19.0 Å². The van der Waals surface area contributed by atoms with Crippen molar-refractivity contribution >= 4 is 5.97 Å². The van der Waals surface area contributed by atoms with Crippen LogP contribution in [0.2, 0.25) is 0 Å². The zero-order valence-corrected chi connectivity index (χ0v) is 11.4. The van der Waals surface area contributed by atoms with Crippen molar-refractivity contribution in [3.63, 3.8) is 0 Å². The van der Waals surface area contributed by atoms with Gasteiger partial charge in [0.25, 0.3) is 0 Å². The van der Waals surface area contributed by atoms with Crippen molar-refractivity contribution in [2.24, 2.45) is 0 Å². The van der Waals surface area contributed by atoms with E-state index in [4.69, 9.17) is 9.84 Å². The third kappa shape index (κ3) is 4.21. The summed E-state index contributed by atoms with van der Waals surface area (Å²) in [4.78, 5) is 11.1. The zero-order valence-electron chi connectivity index (χ0n) is 11.4. The predicted octanol–water partition coefficient (Wildman–Crippen LogP) is 2.74. The molecule has 0 aliphatic carbocycles. The van der Waals surface area contributed by atoms with E-state index in [1.54, 1.807) is 7.05 Å². The van der Waals surface area contributed by atoms with E-state index in [0.717, 1.165) is 0 Å².